The Balaban J connectivity index is 1.51. The number of aryl methyl sites for hydroxylation is 1. The second-order valence-electron chi connectivity index (χ2n) is 7.37. The van der Waals surface area contributed by atoms with E-state index in [1.807, 2.05) is 97.3 Å². The first-order valence-electron chi connectivity index (χ1n) is 10.3. The Morgan fingerprint density at radius 2 is 1.70 bits per heavy atom. The number of nitrogens with one attached hydrogen (secondary N) is 1. The highest BCUT2D eigenvalue weighted by Crippen LogP contribution is 2.28. The highest BCUT2D eigenvalue weighted by molar-refractivity contribution is 9.10. The van der Waals surface area contributed by atoms with Crippen molar-refractivity contribution >= 4 is 39.3 Å². The van der Waals surface area contributed by atoms with Gasteiger partial charge in [-0.05, 0) is 43.7 Å². The zero-order valence-corrected chi connectivity index (χ0v) is 20.6. The van der Waals surface area contributed by atoms with Gasteiger partial charge in [0.15, 0.2) is 11.0 Å². The SMILES string of the molecule is C/C(=N\NC(=O)CSc1nnc(-c2ccc(C)cc2)n1-c1ccccc1)c1ccc(Br)cc1. The molecule has 1 aromatic heterocycles. The lowest BCUT2D eigenvalue weighted by Crippen LogP contribution is -2.21. The lowest BCUT2D eigenvalue weighted by molar-refractivity contribution is -0.118. The molecule has 33 heavy (non-hydrogen) atoms. The van der Waals surface area contributed by atoms with Crippen LogP contribution in [0.2, 0.25) is 0 Å². The number of carbonyl (C=O) groups is 1. The summed E-state index contributed by atoms with van der Waals surface area (Å²) in [4.78, 5) is 12.5. The lowest BCUT2D eigenvalue weighted by Gasteiger charge is -2.10. The minimum Gasteiger partial charge on any atom is -0.272 e. The number of benzene rings is 3. The summed E-state index contributed by atoms with van der Waals surface area (Å²) in [6, 6.07) is 25.8. The first kappa shape index (κ1) is 22.9. The summed E-state index contributed by atoms with van der Waals surface area (Å²) >= 11 is 4.74. The van der Waals surface area contributed by atoms with Crippen molar-refractivity contribution in [3.8, 4) is 17.1 Å². The predicted molar refractivity (Wildman–Crippen MR) is 137 cm³/mol. The quantitative estimate of drug-likeness (QED) is 0.195. The minimum atomic E-state index is -0.212. The van der Waals surface area contributed by atoms with Gasteiger partial charge < -0.3 is 0 Å². The molecule has 0 aliphatic carbocycles. The number of nitrogens with zero attached hydrogens (tertiary/aromatic N) is 4. The zero-order chi connectivity index (χ0) is 23.2. The van der Waals surface area contributed by atoms with Gasteiger partial charge in [-0.25, -0.2) is 5.43 Å². The summed E-state index contributed by atoms with van der Waals surface area (Å²) in [6.07, 6.45) is 0. The van der Waals surface area contributed by atoms with Gasteiger partial charge in [0.25, 0.3) is 5.91 Å². The molecule has 0 spiro atoms. The average molecular weight is 520 g/mol. The number of hydrazone groups is 1. The van der Waals surface area contributed by atoms with Crippen molar-refractivity contribution in [1.82, 2.24) is 20.2 Å². The van der Waals surface area contributed by atoms with Crippen LogP contribution in [0.5, 0.6) is 0 Å². The van der Waals surface area contributed by atoms with Gasteiger partial charge in [-0.3, -0.25) is 9.36 Å². The molecule has 1 amide bonds. The smallest absolute Gasteiger partial charge is 0.250 e. The lowest BCUT2D eigenvalue weighted by atomic mass is 10.1. The number of hydrogen-bond acceptors (Lipinski definition) is 5. The van der Waals surface area contributed by atoms with E-state index in [1.54, 1.807) is 0 Å². The van der Waals surface area contributed by atoms with Gasteiger partial charge in [0, 0.05) is 15.7 Å². The van der Waals surface area contributed by atoms with Crippen LogP contribution in [-0.4, -0.2) is 32.1 Å². The maximum atomic E-state index is 12.5. The highest BCUT2D eigenvalue weighted by Gasteiger charge is 2.17. The van der Waals surface area contributed by atoms with Crippen molar-refractivity contribution in [3.63, 3.8) is 0 Å². The van der Waals surface area contributed by atoms with Crippen LogP contribution in [0.3, 0.4) is 0 Å². The van der Waals surface area contributed by atoms with E-state index < -0.39 is 0 Å². The van der Waals surface area contributed by atoms with E-state index in [0.717, 1.165) is 32.8 Å². The third-order valence-corrected chi connectivity index (χ3v) is 6.36. The molecule has 4 aromatic rings. The van der Waals surface area contributed by atoms with Crippen LogP contribution in [0.1, 0.15) is 18.1 Å². The molecule has 0 aliphatic rings. The maximum absolute atomic E-state index is 12.5. The Morgan fingerprint density at radius 3 is 2.39 bits per heavy atom. The van der Waals surface area contributed by atoms with Crippen molar-refractivity contribution in [2.45, 2.75) is 19.0 Å². The number of rotatable bonds is 7. The van der Waals surface area contributed by atoms with Gasteiger partial charge in [-0.2, -0.15) is 5.10 Å². The third kappa shape index (κ3) is 5.77. The second kappa shape index (κ2) is 10.6. The predicted octanol–water partition coefficient (Wildman–Crippen LogP) is 5.64. The summed E-state index contributed by atoms with van der Waals surface area (Å²) in [5, 5.41) is 13.7. The number of hydrogen-bond donors (Lipinski definition) is 1. The minimum absolute atomic E-state index is 0.163. The topological polar surface area (TPSA) is 72.2 Å². The highest BCUT2D eigenvalue weighted by atomic mass is 79.9. The first-order valence-corrected chi connectivity index (χ1v) is 12.1. The van der Waals surface area contributed by atoms with Crippen molar-refractivity contribution in [1.29, 1.82) is 0 Å². The Bertz CT molecular complexity index is 1270. The summed E-state index contributed by atoms with van der Waals surface area (Å²) in [5.74, 6) is 0.680. The normalized spacial score (nSPS) is 11.4. The van der Waals surface area contributed by atoms with Crippen molar-refractivity contribution in [2.24, 2.45) is 5.10 Å². The van der Waals surface area contributed by atoms with E-state index >= 15 is 0 Å². The fraction of sp³-hybridized carbons (Fsp3) is 0.120. The van der Waals surface area contributed by atoms with Crippen molar-refractivity contribution in [3.05, 3.63) is 94.5 Å². The van der Waals surface area contributed by atoms with Crippen molar-refractivity contribution < 1.29 is 4.79 Å². The molecule has 0 unspecified atom stereocenters. The number of carbonyl (C=O) groups excluding carboxylic acids is 1. The van der Waals surface area contributed by atoms with Gasteiger partial charge >= 0.3 is 0 Å². The molecule has 0 aliphatic heterocycles. The molecule has 0 atom stereocenters. The second-order valence-corrected chi connectivity index (χ2v) is 9.23. The molecule has 0 radical (unpaired) electrons. The van der Waals surface area contributed by atoms with E-state index in [0.29, 0.717) is 5.16 Å². The molecule has 0 saturated carbocycles. The molecular weight excluding hydrogens is 498 g/mol. The van der Waals surface area contributed by atoms with Crippen LogP contribution in [0, 0.1) is 6.92 Å². The summed E-state index contributed by atoms with van der Waals surface area (Å²) in [7, 11) is 0. The van der Waals surface area contributed by atoms with E-state index in [-0.39, 0.29) is 11.7 Å². The summed E-state index contributed by atoms with van der Waals surface area (Å²) in [5.41, 5.74) is 7.37. The fourth-order valence-electron chi connectivity index (χ4n) is 3.13. The van der Waals surface area contributed by atoms with E-state index in [4.69, 9.17) is 0 Å². The molecule has 8 heteroatoms. The van der Waals surface area contributed by atoms with Crippen molar-refractivity contribution in [2.75, 3.05) is 5.75 Å². The van der Waals surface area contributed by atoms with E-state index in [9.17, 15) is 4.79 Å². The molecule has 0 fully saturated rings. The Labute approximate surface area is 205 Å². The van der Waals surface area contributed by atoms with Gasteiger partial charge in [0.1, 0.15) is 0 Å². The molecule has 4 rings (SSSR count). The van der Waals surface area contributed by atoms with Crippen LogP contribution < -0.4 is 5.43 Å². The maximum Gasteiger partial charge on any atom is 0.250 e. The van der Waals surface area contributed by atoms with Crippen LogP contribution >= 0.6 is 27.7 Å². The van der Waals surface area contributed by atoms with E-state index in [2.05, 4.69) is 36.7 Å². The van der Waals surface area contributed by atoms with Gasteiger partial charge in [0.2, 0.25) is 0 Å². The molecular formula is C25H22BrN5OS. The zero-order valence-electron chi connectivity index (χ0n) is 18.2. The largest absolute Gasteiger partial charge is 0.272 e. The monoisotopic (exact) mass is 519 g/mol. The molecule has 166 valence electrons. The number of thioether (sulfide) groups is 1. The Hall–Kier alpha value is -3.23. The van der Waals surface area contributed by atoms with Gasteiger partial charge in [-0.1, -0.05) is 87.9 Å². The molecule has 0 bridgehead atoms. The van der Waals surface area contributed by atoms with Crippen LogP contribution in [-0.2, 0) is 4.79 Å². The van der Waals surface area contributed by atoms with Gasteiger partial charge in [-0.15, -0.1) is 10.2 Å². The van der Waals surface area contributed by atoms with Crippen LogP contribution in [0.15, 0.2) is 93.6 Å². The fourth-order valence-corrected chi connectivity index (χ4v) is 4.14. The molecule has 0 saturated heterocycles. The Kier molecular flexibility index (Phi) is 7.36. The van der Waals surface area contributed by atoms with Crippen LogP contribution in [0.25, 0.3) is 17.1 Å². The van der Waals surface area contributed by atoms with Crippen LogP contribution in [0.4, 0.5) is 0 Å². The number of halogens is 1. The number of para-hydroxylation sites is 1. The number of aromatic nitrogens is 3. The van der Waals surface area contributed by atoms with E-state index in [1.165, 1.54) is 17.3 Å². The molecule has 1 N–H and O–H groups in total. The Morgan fingerprint density at radius 1 is 1.00 bits per heavy atom. The van der Waals surface area contributed by atoms with Gasteiger partial charge in [0.05, 0.1) is 11.5 Å². The summed E-state index contributed by atoms with van der Waals surface area (Å²) in [6.45, 7) is 3.91. The average Bonchev–Trinajstić information content (AvgIpc) is 3.26. The third-order valence-electron chi connectivity index (χ3n) is 4.90. The standard InChI is InChI=1S/C25H22BrN5OS/c1-17-8-10-20(11-9-17)24-29-30-25(31(24)22-6-4-3-5-7-22)33-16-23(32)28-27-18(2)19-12-14-21(26)15-13-19/h3-15H,16H2,1-2H3,(H,28,32)/b27-18+. The summed E-state index contributed by atoms with van der Waals surface area (Å²) < 4.78 is 2.96. The first-order chi connectivity index (χ1) is 16.0. The molecule has 1 heterocycles. The number of amides is 1. The molecule has 6 nitrogen and oxygen atoms in total. The molecule has 3 aromatic carbocycles.